The molecular formula is C3H6ClNaO3S. The van der Waals surface area contributed by atoms with E-state index in [2.05, 4.69) is 22.2 Å². The van der Waals surface area contributed by atoms with Crippen molar-refractivity contribution in [2.75, 3.05) is 5.75 Å². The van der Waals surface area contributed by atoms with Gasteiger partial charge in [-0.3, -0.25) is 0 Å². The van der Waals surface area contributed by atoms with Crippen LogP contribution in [0.4, 0.5) is 0 Å². The minimum absolute atomic E-state index is 0. The van der Waals surface area contributed by atoms with Crippen molar-refractivity contribution < 1.29 is 43.1 Å². The molecule has 0 spiro atoms. The molecule has 0 aliphatic carbocycles. The van der Waals surface area contributed by atoms with Crippen LogP contribution in [-0.2, 0) is 13.9 Å². The molecule has 0 fully saturated rings. The summed E-state index contributed by atoms with van der Waals surface area (Å²) in [5, 5.41) is 0. The van der Waals surface area contributed by atoms with E-state index in [1.54, 1.807) is 0 Å². The maximum Gasteiger partial charge on any atom is 1.00 e. The maximum atomic E-state index is 10.2. The van der Waals surface area contributed by atoms with Crippen molar-refractivity contribution in [1.29, 1.82) is 0 Å². The predicted octanol–water partition coefficient (Wildman–Crippen LogP) is -2.21. The summed E-state index contributed by atoms with van der Waals surface area (Å²) < 4.78 is 23.9. The Bertz CT molecular complexity index is 169. The van der Waals surface area contributed by atoms with Crippen LogP contribution in [0.2, 0.25) is 0 Å². The first-order valence-electron chi connectivity index (χ1n) is 1.76. The van der Waals surface area contributed by atoms with E-state index in [1.165, 1.54) is 6.08 Å². The van der Waals surface area contributed by atoms with E-state index >= 15 is 0 Å². The molecule has 9 heavy (non-hydrogen) atoms. The number of hydrogen-bond acceptors (Lipinski definition) is 3. The van der Waals surface area contributed by atoms with Gasteiger partial charge in [-0.15, -0.1) is 6.58 Å². The Labute approximate surface area is 83.1 Å². The third-order valence-electron chi connectivity index (χ3n) is 0.418. The average molecular weight is 181 g/mol. The first kappa shape index (κ1) is 12.6. The molecule has 3 nitrogen and oxygen atoms in total. The summed E-state index contributed by atoms with van der Waals surface area (Å²) in [7, 11) is -3.52. The third-order valence-corrected chi connectivity index (χ3v) is 1.83. The average Bonchev–Trinajstić information content (AvgIpc) is 1.67. The molecule has 0 aliphatic heterocycles. The summed E-state index contributed by atoms with van der Waals surface area (Å²) >= 11 is 4.54. The van der Waals surface area contributed by atoms with Crippen molar-refractivity contribution >= 4 is 22.0 Å². The van der Waals surface area contributed by atoms with Gasteiger partial charge in [0.1, 0.15) is 0 Å². The van der Waals surface area contributed by atoms with Crippen LogP contribution in [0, 0.1) is 0 Å². The van der Waals surface area contributed by atoms with E-state index in [0.717, 1.165) is 0 Å². The van der Waals surface area contributed by atoms with E-state index in [1.807, 2.05) is 0 Å². The second-order valence-corrected chi connectivity index (χ2v) is 3.03. The molecular weight excluding hydrogens is 175 g/mol. The molecule has 6 heteroatoms. The van der Waals surface area contributed by atoms with Crippen LogP contribution >= 0.6 is 11.9 Å². The monoisotopic (exact) mass is 180 g/mol. The number of rotatable bonds is 3. The molecule has 0 saturated heterocycles. The molecule has 0 aromatic heterocycles. The zero-order chi connectivity index (χ0) is 6.62. The van der Waals surface area contributed by atoms with Crippen LogP contribution in [-0.4, -0.2) is 14.2 Å². The molecule has 50 valence electrons. The molecule has 0 bridgehead atoms. The van der Waals surface area contributed by atoms with Gasteiger partial charge in [-0.2, -0.15) is 12.2 Å². The Kier molecular flexibility index (Phi) is 7.99. The fourth-order valence-electron chi connectivity index (χ4n) is 0.170. The summed E-state index contributed by atoms with van der Waals surface area (Å²) in [4.78, 5) is 0. The second kappa shape index (κ2) is 5.70. The third kappa shape index (κ3) is 6.83. The molecule has 0 N–H and O–H groups in total. The van der Waals surface area contributed by atoms with Crippen LogP contribution in [0.1, 0.15) is 1.43 Å². The largest absolute Gasteiger partial charge is 1.00 e. The van der Waals surface area contributed by atoms with Gasteiger partial charge in [-0.1, -0.05) is 6.08 Å². The topological polar surface area (TPSA) is 43.4 Å². The fourth-order valence-corrected chi connectivity index (χ4v) is 0.664. The Morgan fingerprint density at radius 1 is 1.78 bits per heavy atom. The predicted molar refractivity (Wildman–Crippen MR) is 32.0 cm³/mol. The Morgan fingerprint density at radius 3 is 2.33 bits per heavy atom. The molecule has 0 saturated carbocycles. The van der Waals surface area contributed by atoms with E-state index in [4.69, 9.17) is 0 Å². The van der Waals surface area contributed by atoms with Gasteiger partial charge in [-0.25, -0.2) is 0 Å². The molecule has 0 radical (unpaired) electrons. The second-order valence-electron chi connectivity index (χ2n) is 1.08. The zero-order valence-corrected chi connectivity index (χ0v) is 8.57. The molecule has 0 unspecified atom stereocenters. The van der Waals surface area contributed by atoms with Crippen molar-refractivity contribution in [3.05, 3.63) is 12.7 Å². The molecule has 0 aliphatic rings. The molecule has 0 aromatic carbocycles. The zero-order valence-electron chi connectivity index (χ0n) is 6.00. The van der Waals surface area contributed by atoms with Gasteiger partial charge in [0.05, 0.1) is 17.6 Å². The van der Waals surface area contributed by atoms with Gasteiger partial charge in [0, 0.05) is 0 Å². The van der Waals surface area contributed by atoms with E-state index in [-0.39, 0.29) is 36.7 Å². The minimum atomic E-state index is -3.52. The van der Waals surface area contributed by atoms with Crippen LogP contribution in [0.15, 0.2) is 12.7 Å². The van der Waals surface area contributed by atoms with Crippen LogP contribution in [0.25, 0.3) is 0 Å². The minimum Gasteiger partial charge on any atom is -1.00 e. The van der Waals surface area contributed by atoms with E-state index < -0.39 is 10.1 Å². The molecule has 0 amide bonds. The van der Waals surface area contributed by atoms with Crippen LogP contribution < -0.4 is 29.6 Å². The van der Waals surface area contributed by atoms with Crippen molar-refractivity contribution in [3.8, 4) is 0 Å². The Balaban J connectivity index is -0.000000245. The Morgan fingerprint density at radius 2 is 2.22 bits per heavy atom. The summed E-state index contributed by atoms with van der Waals surface area (Å²) in [6.45, 7) is 3.18. The SMILES string of the molecule is C=CCS(=O)(=O)OCl.[H-].[Na+]. The maximum absolute atomic E-state index is 10.2. The first-order chi connectivity index (χ1) is 3.62. The summed E-state index contributed by atoms with van der Waals surface area (Å²) in [6, 6.07) is 0. The Hall–Kier alpha value is 0.940. The summed E-state index contributed by atoms with van der Waals surface area (Å²) in [6.07, 6.45) is 1.19. The van der Waals surface area contributed by atoms with E-state index in [9.17, 15) is 8.42 Å². The van der Waals surface area contributed by atoms with Gasteiger partial charge in [0.25, 0.3) is 10.1 Å². The summed E-state index contributed by atoms with van der Waals surface area (Å²) in [5.41, 5.74) is 0. The van der Waals surface area contributed by atoms with Gasteiger partial charge in [-0.05, 0) is 0 Å². The smallest absolute Gasteiger partial charge is 1.00 e. The molecule has 0 heterocycles. The summed E-state index contributed by atoms with van der Waals surface area (Å²) in [5.74, 6) is -0.253. The number of halogens is 1. The quantitative estimate of drug-likeness (QED) is 0.366. The van der Waals surface area contributed by atoms with Gasteiger partial charge in [0.15, 0.2) is 0 Å². The van der Waals surface area contributed by atoms with Crippen molar-refractivity contribution in [2.45, 2.75) is 0 Å². The van der Waals surface area contributed by atoms with E-state index in [0.29, 0.717) is 0 Å². The standard InChI is InChI=1S/C3H5ClO3S.Na.H/c1-2-3-8(5,6)7-4;;/h2H,1,3H2;;/q;+1;-1. The fraction of sp³-hybridized carbons (Fsp3) is 0.333. The van der Waals surface area contributed by atoms with Gasteiger partial charge in [0.2, 0.25) is 0 Å². The van der Waals surface area contributed by atoms with Crippen LogP contribution in [0.3, 0.4) is 0 Å². The van der Waals surface area contributed by atoms with Crippen molar-refractivity contribution in [1.82, 2.24) is 0 Å². The molecule has 0 aromatic rings. The normalized spacial score (nSPS) is 9.89. The van der Waals surface area contributed by atoms with Crippen molar-refractivity contribution in [3.63, 3.8) is 0 Å². The van der Waals surface area contributed by atoms with Crippen LogP contribution in [0.5, 0.6) is 0 Å². The van der Waals surface area contributed by atoms with Gasteiger partial charge < -0.3 is 1.43 Å². The first-order valence-corrected chi connectivity index (χ1v) is 3.65. The number of hydrogen-bond donors (Lipinski definition) is 0. The van der Waals surface area contributed by atoms with Gasteiger partial charge >= 0.3 is 29.6 Å². The molecule has 0 rings (SSSR count). The molecule has 0 atom stereocenters. The van der Waals surface area contributed by atoms with Crippen molar-refractivity contribution in [2.24, 2.45) is 0 Å².